The quantitative estimate of drug-likeness (QED) is 0.795. The van der Waals surface area contributed by atoms with Crippen LogP contribution < -0.4 is 5.32 Å². The molecule has 1 amide bonds. The number of nitrogens with zero attached hydrogens (tertiary/aromatic N) is 3. The van der Waals surface area contributed by atoms with Gasteiger partial charge in [0.15, 0.2) is 0 Å². The molecule has 1 aliphatic rings. The van der Waals surface area contributed by atoms with Gasteiger partial charge in [0, 0.05) is 19.1 Å². The van der Waals surface area contributed by atoms with E-state index in [0.717, 1.165) is 38.9 Å². The number of carbonyl (C=O) groups is 1. The van der Waals surface area contributed by atoms with Crippen molar-refractivity contribution in [3.8, 4) is 0 Å². The minimum Gasteiger partial charge on any atom is -0.332 e. The molecule has 0 spiro atoms. The van der Waals surface area contributed by atoms with E-state index in [-0.39, 0.29) is 11.9 Å². The second-order valence-electron chi connectivity index (χ2n) is 4.33. The molecule has 0 aliphatic carbocycles. The lowest BCUT2D eigenvalue weighted by molar-refractivity contribution is 0.0637. The number of piperidine rings is 1. The van der Waals surface area contributed by atoms with Crippen molar-refractivity contribution in [1.82, 2.24) is 25.4 Å². The molecule has 2 N–H and O–H groups in total. The lowest BCUT2D eigenvalue weighted by Gasteiger charge is -2.34. The summed E-state index contributed by atoms with van der Waals surface area (Å²) in [5, 5.41) is 9.71. The second-order valence-corrected chi connectivity index (χ2v) is 4.33. The first kappa shape index (κ1) is 12.0. The molecule has 6 heteroatoms. The van der Waals surface area contributed by atoms with Gasteiger partial charge in [0.25, 0.3) is 5.91 Å². The summed E-state index contributed by atoms with van der Waals surface area (Å²) in [7, 11) is 0. The van der Waals surface area contributed by atoms with Gasteiger partial charge < -0.3 is 10.2 Å². The summed E-state index contributed by atoms with van der Waals surface area (Å²) in [5.74, 6) is 0.294. The predicted octanol–water partition coefficient (Wildman–Crippen LogP) is 0.409. The van der Waals surface area contributed by atoms with Crippen molar-refractivity contribution < 1.29 is 4.79 Å². The highest BCUT2D eigenvalue weighted by Crippen LogP contribution is 2.13. The van der Waals surface area contributed by atoms with Gasteiger partial charge in [0.1, 0.15) is 6.33 Å². The van der Waals surface area contributed by atoms with Crippen molar-refractivity contribution in [3.63, 3.8) is 0 Å². The number of amides is 1. The Hall–Kier alpha value is -1.43. The summed E-state index contributed by atoms with van der Waals surface area (Å²) in [4.78, 5) is 18.1. The van der Waals surface area contributed by atoms with E-state index < -0.39 is 0 Å². The number of rotatable bonds is 4. The van der Waals surface area contributed by atoms with Gasteiger partial charge in [0.05, 0.1) is 0 Å². The van der Waals surface area contributed by atoms with Gasteiger partial charge in [-0.2, -0.15) is 5.10 Å². The van der Waals surface area contributed by atoms with Gasteiger partial charge in [0.2, 0.25) is 5.82 Å². The standard InChI is InChI=1S/C11H19N5O/c1-2-6-16(9-4-3-5-12-7-9)11(17)10-13-8-14-15-10/h8-9,12H,2-7H2,1H3,(H,13,14,15). The van der Waals surface area contributed by atoms with E-state index in [9.17, 15) is 4.79 Å². The Labute approximate surface area is 101 Å². The van der Waals surface area contributed by atoms with Crippen LogP contribution in [0, 0.1) is 0 Å². The molecule has 6 nitrogen and oxygen atoms in total. The Balaban J connectivity index is 2.07. The molecular weight excluding hydrogens is 218 g/mol. The van der Waals surface area contributed by atoms with Crippen LogP contribution in [-0.2, 0) is 0 Å². The molecule has 1 fully saturated rings. The molecule has 0 aromatic carbocycles. The van der Waals surface area contributed by atoms with Gasteiger partial charge in [-0.25, -0.2) is 4.98 Å². The molecule has 2 heterocycles. The molecule has 0 bridgehead atoms. The van der Waals surface area contributed by atoms with E-state index in [1.54, 1.807) is 0 Å². The van der Waals surface area contributed by atoms with E-state index >= 15 is 0 Å². The average molecular weight is 237 g/mol. The number of hydrogen-bond acceptors (Lipinski definition) is 4. The SMILES string of the molecule is CCCN(C(=O)c1ncn[nH]1)C1CCCNC1. The molecule has 0 saturated carbocycles. The number of aromatic amines is 1. The van der Waals surface area contributed by atoms with Crippen LogP contribution >= 0.6 is 0 Å². The van der Waals surface area contributed by atoms with Crippen molar-refractivity contribution in [2.75, 3.05) is 19.6 Å². The number of carbonyl (C=O) groups excluding carboxylic acids is 1. The first-order chi connectivity index (χ1) is 8.33. The number of hydrogen-bond donors (Lipinski definition) is 2. The lowest BCUT2D eigenvalue weighted by Crippen LogP contribution is -2.49. The zero-order chi connectivity index (χ0) is 12.1. The molecule has 2 rings (SSSR count). The van der Waals surface area contributed by atoms with Gasteiger partial charge in [-0.1, -0.05) is 6.92 Å². The fraction of sp³-hybridized carbons (Fsp3) is 0.727. The maximum atomic E-state index is 12.3. The van der Waals surface area contributed by atoms with Crippen LogP contribution in [0.15, 0.2) is 6.33 Å². The third kappa shape index (κ3) is 2.82. The van der Waals surface area contributed by atoms with Gasteiger partial charge in [-0.05, 0) is 25.8 Å². The fourth-order valence-electron chi connectivity index (χ4n) is 2.23. The van der Waals surface area contributed by atoms with Crippen LogP contribution in [0.2, 0.25) is 0 Å². The van der Waals surface area contributed by atoms with Gasteiger partial charge in [-0.3, -0.25) is 9.89 Å². The molecule has 1 aliphatic heterocycles. The molecule has 1 atom stereocenters. The van der Waals surface area contributed by atoms with Crippen LogP contribution in [0.4, 0.5) is 0 Å². The van der Waals surface area contributed by atoms with Gasteiger partial charge >= 0.3 is 0 Å². The molecule has 94 valence electrons. The third-order valence-corrected chi connectivity index (χ3v) is 3.05. The smallest absolute Gasteiger partial charge is 0.291 e. The highest BCUT2D eigenvalue weighted by molar-refractivity contribution is 5.90. The molecule has 1 aromatic heterocycles. The highest BCUT2D eigenvalue weighted by atomic mass is 16.2. The predicted molar refractivity (Wildman–Crippen MR) is 63.6 cm³/mol. The summed E-state index contributed by atoms with van der Waals surface area (Å²) in [5.41, 5.74) is 0. The van der Waals surface area contributed by atoms with E-state index in [0.29, 0.717) is 5.82 Å². The Morgan fingerprint density at radius 3 is 3.12 bits per heavy atom. The van der Waals surface area contributed by atoms with Crippen LogP contribution in [0.3, 0.4) is 0 Å². The monoisotopic (exact) mass is 237 g/mol. The van der Waals surface area contributed by atoms with Gasteiger partial charge in [-0.15, -0.1) is 0 Å². The summed E-state index contributed by atoms with van der Waals surface area (Å²) in [6.07, 6.45) is 4.51. The van der Waals surface area contributed by atoms with Crippen LogP contribution in [0.1, 0.15) is 36.8 Å². The van der Waals surface area contributed by atoms with E-state index in [4.69, 9.17) is 0 Å². The minimum atomic E-state index is -0.0435. The van der Waals surface area contributed by atoms with E-state index in [1.807, 2.05) is 4.90 Å². The number of H-pyrrole nitrogens is 1. The van der Waals surface area contributed by atoms with Crippen LogP contribution in [-0.4, -0.2) is 51.7 Å². The normalized spacial score (nSPS) is 20.2. The summed E-state index contributed by atoms with van der Waals surface area (Å²) in [6.45, 7) is 4.77. The largest absolute Gasteiger partial charge is 0.332 e. The Bertz CT molecular complexity index is 345. The average Bonchev–Trinajstić information content (AvgIpc) is 2.90. The van der Waals surface area contributed by atoms with Crippen molar-refractivity contribution >= 4 is 5.91 Å². The van der Waals surface area contributed by atoms with Crippen LogP contribution in [0.25, 0.3) is 0 Å². The topological polar surface area (TPSA) is 73.9 Å². The van der Waals surface area contributed by atoms with Crippen molar-refractivity contribution in [2.45, 2.75) is 32.2 Å². The molecule has 1 aromatic rings. The fourth-order valence-corrected chi connectivity index (χ4v) is 2.23. The summed E-state index contributed by atoms with van der Waals surface area (Å²) >= 11 is 0. The third-order valence-electron chi connectivity index (χ3n) is 3.05. The maximum Gasteiger partial charge on any atom is 0.291 e. The Morgan fingerprint density at radius 2 is 2.53 bits per heavy atom. The molecule has 17 heavy (non-hydrogen) atoms. The zero-order valence-corrected chi connectivity index (χ0v) is 10.1. The summed E-state index contributed by atoms with van der Waals surface area (Å²) in [6, 6.07) is 0.279. The molecular formula is C11H19N5O. The first-order valence-corrected chi connectivity index (χ1v) is 6.20. The van der Waals surface area contributed by atoms with E-state index in [1.165, 1.54) is 6.33 Å². The Morgan fingerprint density at radius 1 is 1.65 bits per heavy atom. The number of nitrogens with one attached hydrogen (secondary N) is 2. The summed E-state index contributed by atoms with van der Waals surface area (Å²) < 4.78 is 0. The molecule has 1 unspecified atom stereocenters. The lowest BCUT2D eigenvalue weighted by atomic mass is 10.1. The first-order valence-electron chi connectivity index (χ1n) is 6.20. The maximum absolute atomic E-state index is 12.3. The zero-order valence-electron chi connectivity index (χ0n) is 10.1. The Kier molecular flexibility index (Phi) is 4.08. The molecule has 1 saturated heterocycles. The van der Waals surface area contributed by atoms with Crippen molar-refractivity contribution in [2.24, 2.45) is 0 Å². The number of aromatic nitrogens is 3. The molecule has 0 radical (unpaired) electrons. The van der Waals surface area contributed by atoms with Crippen molar-refractivity contribution in [1.29, 1.82) is 0 Å². The minimum absolute atomic E-state index is 0.0435. The van der Waals surface area contributed by atoms with E-state index in [2.05, 4.69) is 27.4 Å². The van der Waals surface area contributed by atoms with Crippen molar-refractivity contribution in [3.05, 3.63) is 12.2 Å². The second kappa shape index (κ2) is 5.77. The van der Waals surface area contributed by atoms with Crippen LogP contribution in [0.5, 0.6) is 0 Å². The highest BCUT2D eigenvalue weighted by Gasteiger charge is 2.26.